The smallest absolute Gasteiger partial charge is 0.361 e. The van der Waals surface area contributed by atoms with Crippen molar-refractivity contribution >= 4 is 17.9 Å². The minimum absolute atomic E-state index is 0.174. The number of hydrogen-bond acceptors (Lipinski definition) is 7. The molecule has 0 saturated heterocycles. The van der Waals surface area contributed by atoms with Crippen LogP contribution in [0.15, 0.2) is 12.2 Å². The monoisotopic (exact) mass is 1080 g/mol. The van der Waals surface area contributed by atoms with E-state index in [1.165, 1.54) is 276 Å². The fraction of sp³-hybridized carbons (Fsp3) is 0.925. The molecule has 9 nitrogen and oxygen atoms in total. The number of likely N-dealkylation sites (N-methyl/N-ethyl adjacent to an activating group) is 1. The van der Waals surface area contributed by atoms with Gasteiger partial charge in [-0.25, -0.2) is 4.79 Å². The van der Waals surface area contributed by atoms with Gasteiger partial charge in [0.1, 0.15) is 13.2 Å². The van der Waals surface area contributed by atoms with Crippen molar-refractivity contribution in [3.05, 3.63) is 12.2 Å². The summed E-state index contributed by atoms with van der Waals surface area (Å²) in [6.07, 6.45) is 67.9. The van der Waals surface area contributed by atoms with Crippen molar-refractivity contribution in [1.82, 2.24) is 0 Å². The second-order valence-electron chi connectivity index (χ2n) is 24.1. The second-order valence-corrected chi connectivity index (χ2v) is 24.1. The van der Waals surface area contributed by atoms with E-state index in [2.05, 4.69) is 26.0 Å². The standard InChI is InChI=1S/C67H129NO8/c1-6-8-10-12-14-16-18-19-20-21-22-23-24-25-26-27-28-29-30-31-32-33-34-35-36-37-38-39-40-41-42-43-44-45-46-47-48-50-52-54-56-58-65(70)76-63(62-75-67(66(71)72)73-60-59-68(3,4)5)61-74-64(69)57-55-53-51-49-17-15-13-11-9-7-2/h21-22,63,67H,6-20,23-62H2,1-5H3/p+1/b22-21-. The number of nitrogens with zero attached hydrogens (tertiary/aromatic N) is 1. The molecular formula is C67H130NO8+. The topological polar surface area (TPSA) is 108 Å². The lowest BCUT2D eigenvalue weighted by atomic mass is 10.0. The molecule has 0 aromatic heterocycles. The number of carbonyl (C=O) groups excluding carboxylic acids is 2. The maximum atomic E-state index is 12.9. The molecule has 0 heterocycles. The first-order valence-electron chi connectivity index (χ1n) is 33.4. The molecule has 0 aliphatic carbocycles. The second kappa shape index (κ2) is 59.2. The highest BCUT2D eigenvalue weighted by Gasteiger charge is 2.25. The third kappa shape index (κ3) is 59.7. The van der Waals surface area contributed by atoms with Crippen LogP contribution in [0.1, 0.15) is 341 Å². The first kappa shape index (κ1) is 74.0. The first-order valence-corrected chi connectivity index (χ1v) is 33.4. The minimum Gasteiger partial charge on any atom is -0.477 e. The van der Waals surface area contributed by atoms with E-state index in [9.17, 15) is 19.5 Å². The molecule has 0 spiro atoms. The Morgan fingerprint density at radius 3 is 0.974 bits per heavy atom. The Kier molecular flexibility index (Phi) is 57.6. The summed E-state index contributed by atoms with van der Waals surface area (Å²) in [6, 6.07) is 0. The zero-order valence-corrected chi connectivity index (χ0v) is 51.5. The van der Waals surface area contributed by atoms with Crippen LogP contribution in [0.2, 0.25) is 0 Å². The molecule has 0 fully saturated rings. The van der Waals surface area contributed by atoms with Gasteiger partial charge in [-0.05, 0) is 38.5 Å². The molecule has 2 atom stereocenters. The Labute approximate surface area is 472 Å². The molecule has 2 unspecified atom stereocenters. The summed E-state index contributed by atoms with van der Waals surface area (Å²) in [6.45, 7) is 4.91. The summed E-state index contributed by atoms with van der Waals surface area (Å²) in [5.74, 6) is -1.98. The summed E-state index contributed by atoms with van der Waals surface area (Å²) < 4.78 is 22.8. The lowest BCUT2D eigenvalue weighted by molar-refractivity contribution is -0.870. The summed E-state index contributed by atoms with van der Waals surface area (Å²) in [7, 11) is 5.98. The third-order valence-electron chi connectivity index (χ3n) is 15.3. The number of carboxylic acids is 1. The van der Waals surface area contributed by atoms with Gasteiger partial charge in [0.15, 0.2) is 6.10 Å². The molecular weight excluding hydrogens is 947 g/mol. The van der Waals surface area contributed by atoms with Crippen LogP contribution in [0.25, 0.3) is 0 Å². The molecule has 0 aliphatic heterocycles. The Morgan fingerprint density at radius 1 is 0.382 bits per heavy atom. The largest absolute Gasteiger partial charge is 0.477 e. The van der Waals surface area contributed by atoms with E-state index >= 15 is 0 Å². The van der Waals surface area contributed by atoms with E-state index in [1.807, 2.05) is 21.1 Å². The van der Waals surface area contributed by atoms with Gasteiger partial charge in [-0.3, -0.25) is 9.59 Å². The number of rotatable bonds is 63. The number of ether oxygens (including phenoxy) is 4. The molecule has 450 valence electrons. The number of esters is 2. The Balaban J connectivity index is 3.80. The molecule has 0 amide bonds. The molecule has 0 bridgehead atoms. The number of allylic oxidation sites excluding steroid dienone is 2. The van der Waals surface area contributed by atoms with Crippen LogP contribution < -0.4 is 0 Å². The van der Waals surface area contributed by atoms with Gasteiger partial charge in [-0.15, -0.1) is 0 Å². The van der Waals surface area contributed by atoms with Crippen LogP contribution in [-0.4, -0.2) is 87.4 Å². The van der Waals surface area contributed by atoms with E-state index < -0.39 is 18.4 Å². The van der Waals surface area contributed by atoms with Gasteiger partial charge in [0.25, 0.3) is 6.29 Å². The lowest BCUT2D eigenvalue weighted by Crippen LogP contribution is -2.40. The fourth-order valence-corrected chi connectivity index (χ4v) is 10.1. The summed E-state index contributed by atoms with van der Waals surface area (Å²) in [5.41, 5.74) is 0. The fourth-order valence-electron chi connectivity index (χ4n) is 10.1. The average Bonchev–Trinajstić information content (AvgIpc) is 3.39. The van der Waals surface area contributed by atoms with Crippen LogP contribution >= 0.6 is 0 Å². The molecule has 0 aromatic carbocycles. The molecule has 0 rings (SSSR count). The summed E-state index contributed by atoms with van der Waals surface area (Å²) in [4.78, 5) is 37.3. The van der Waals surface area contributed by atoms with Crippen molar-refractivity contribution in [2.45, 2.75) is 354 Å². The van der Waals surface area contributed by atoms with Crippen molar-refractivity contribution in [2.75, 3.05) is 47.5 Å². The predicted octanol–water partition coefficient (Wildman–Crippen LogP) is 20.1. The van der Waals surface area contributed by atoms with Crippen LogP contribution in [0, 0.1) is 0 Å². The lowest BCUT2D eigenvalue weighted by Gasteiger charge is -2.25. The zero-order valence-electron chi connectivity index (χ0n) is 51.5. The summed E-state index contributed by atoms with van der Waals surface area (Å²) >= 11 is 0. The maximum absolute atomic E-state index is 12.9. The highest BCUT2D eigenvalue weighted by Crippen LogP contribution is 2.19. The van der Waals surface area contributed by atoms with E-state index in [4.69, 9.17) is 18.9 Å². The van der Waals surface area contributed by atoms with Gasteiger partial charge in [0.2, 0.25) is 0 Å². The SMILES string of the molecule is CCCCCCCCCC/C=C\CCCCCCCCCCCCCCCCCCCCCCCCCCCCCCCC(=O)OC(COC(=O)CCCCCCCCCCCC)COC(OCC[N+](C)(C)C)C(=O)O. The number of carboxylic acid groups (broad SMARTS) is 1. The normalized spacial score (nSPS) is 12.7. The quantitative estimate of drug-likeness (QED) is 0.0211. The Morgan fingerprint density at radius 2 is 0.671 bits per heavy atom. The van der Waals surface area contributed by atoms with Gasteiger partial charge in [-0.1, -0.05) is 302 Å². The van der Waals surface area contributed by atoms with Gasteiger partial charge in [-0.2, -0.15) is 0 Å². The van der Waals surface area contributed by atoms with Crippen LogP contribution in [0.4, 0.5) is 0 Å². The number of hydrogen-bond donors (Lipinski definition) is 1. The van der Waals surface area contributed by atoms with Crippen molar-refractivity contribution in [1.29, 1.82) is 0 Å². The molecule has 0 aromatic rings. The molecule has 9 heteroatoms. The van der Waals surface area contributed by atoms with E-state index in [-0.39, 0.29) is 38.2 Å². The number of unbranched alkanes of at least 4 members (excludes halogenated alkanes) is 46. The van der Waals surface area contributed by atoms with Crippen molar-refractivity contribution in [3.8, 4) is 0 Å². The Bertz CT molecular complexity index is 1250. The van der Waals surface area contributed by atoms with Gasteiger partial charge >= 0.3 is 17.9 Å². The molecule has 1 N–H and O–H groups in total. The summed E-state index contributed by atoms with van der Waals surface area (Å²) in [5, 5.41) is 9.68. The molecule has 0 aliphatic rings. The first-order chi connectivity index (χ1) is 37.1. The number of aliphatic carboxylic acids is 1. The molecule has 0 saturated carbocycles. The number of carbonyl (C=O) groups is 3. The maximum Gasteiger partial charge on any atom is 0.361 e. The van der Waals surface area contributed by atoms with Gasteiger partial charge in [0, 0.05) is 12.8 Å². The molecule has 76 heavy (non-hydrogen) atoms. The number of quaternary nitrogens is 1. The highest BCUT2D eigenvalue weighted by molar-refractivity contribution is 5.71. The minimum atomic E-state index is -1.50. The molecule has 0 radical (unpaired) electrons. The predicted molar refractivity (Wildman–Crippen MR) is 323 cm³/mol. The Hall–Kier alpha value is -1.97. The van der Waals surface area contributed by atoms with Crippen molar-refractivity contribution in [2.24, 2.45) is 0 Å². The van der Waals surface area contributed by atoms with Crippen molar-refractivity contribution in [3.63, 3.8) is 0 Å². The van der Waals surface area contributed by atoms with E-state index in [0.717, 1.165) is 38.5 Å². The van der Waals surface area contributed by atoms with Crippen molar-refractivity contribution < 1.29 is 42.9 Å². The van der Waals surface area contributed by atoms with Gasteiger partial charge < -0.3 is 28.5 Å². The van der Waals surface area contributed by atoms with Gasteiger partial charge in [0.05, 0.1) is 34.4 Å². The third-order valence-corrected chi connectivity index (χ3v) is 15.3. The van der Waals surface area contributed by atoms with Crippen LogP contribution in [0.5, 0.6) is 0 Å². The van der Waals surface area contributed by atoms with E-state index in [0.29, 0.717) is 17.4 Å². The average molecular weight is 1080 g/mol. The zero-order chi connectivity index (χ0) is 55.5. The van der Waals surface area contributed by atoms with E-state index in [1.54, 1.807) is 0 Å². The van der Waals surface area contributed by atoms with Crippen LogP contribution in [-0.2, 0) is 33.3 Å². The van der Waals surface area contributed by atoms with Crippen LogP contribution in [0.3, 0.4) is 0 Å². The highest BCUT2D eigenvalue weighted by atomic mass is 16.7.